The van der Waals surface area contributed by atoms with Crippen molar-refractivity contribution in [2.24, 2.45) is 0 Å². The smallest absolute Gasteiger partial charge is 0.264 e. The lowest BCUT2D eigenvalue weighted by Crippen LogP contribution is -2.40. The lowest BCUT2D eigenvalue weighted by Gasteiger charge is -2.24. The van der Waals surface area contributed by atoms with Crippen molar-refractivity contribution in [3.63, 3.8) is 0 Å². The lowest BCUT2D eigenvalue weighted by atomic mass is 10.2. The van der Waals surface area contributed by atoms with Crippen molar-refractivity contribution in [3.8, 4) is 17.2 Å². The first-order valence-corrected chi connectivity index (χ1v) is 14.0. The monoisotopic (exact) mass is 590 g/mol. The van der Waals surface area contributed by atoms with Gasteiger partial charge in [-0.1, -0.05) is 22.0 Å². The third-order valence-corrected chi connectivity index (χ3v) is 7.52. The Kier molecular flexibility index (Phi) is 9.82. The molecule has 0 aliphatic heterocycles. The van der Waals surface area contributed by atoms with E-state index < -0.39 is 22.5 Å². The number of carbonyl (C=O) groups is 1. The second-order valence-corrected chi connectivity index (χ2v) is 11.1. The Hall–Kier alpha value is -3.24. The molecule has 1 N–H and O–H groups in total. The highest BCUT2D eigenvalue weighted by Gasteiger charge is 2.27. The van der Waals surface area contributed by atoms with Crippen LogP contribution in [0.3, 0.4) is 0 Å². The van der Waals surface area contributed by atoms with E-state index in [1.807, 2.05) is 26.8 Å². The van der Waals surface area contributed by atoms with Crippen LogP contribution in [0.15, 0.2) is 76.1 Å². The van der Waals surface area contributed by atoms with Gasteiger partial charge in [-0.2, -0.15) is 0 Å². The van der Waals surface area contributed by atoms with Gasteiger partial charge in [-0.05, 0) is 87.0 Å². The summed E-state index contributed by atoms with van der Waals surface area (Å²) in [5, 5.41) is 2.80. The fourth-order valence-corrected chi connectivity index (χ4v) is 5.17. The molecular weight excluding hydrogens is 560 g/mol. The van der Waals surface area contributed by atoms with Gasteiger partial charge in [-0.15, -0.1) is 0 Å². The van der Waals surface area contributed by atoms with E-state index in [1.165, 1.54) is 12.1 Å². The lowest BCUT2D eigenvalue weighted by molar-refractivity contribution is -0.119. The summed E-state index contributed by atoms with van der Waals surface area (Å²) in [6, 6.07) is 18.2. The Bertz CT molecular complexity index is 1300. The Balaban J connectivity index is 1.81. The number of nitrogens with one attached hydrogen (secondary N) is 1. The van der Waals surface area contributed by atoms with Crippen LogP contribution in [0.5, 0.6) is 17.2 Å². The highest BCUT2D eigenvalue weighted by atomic mass is 79.9. The van der Waals surface area contributed by atoms with Crippen molar-refractivity contribution in [1.29, 1.82) is 0 Å². The highest BCUT2D eigenvalue weighted by molar-refractivity contribution is 9.10. The van der Waals surface area contributed by atoms with Gasteiger partial charge in [-0.3, -0.25) is 9.10 Å². The minimum Gasteiger partial charge on any atom is -0.494 e. The van der Waals surface area contributed by atoms with E-state index in [0.29, 0.717) is 29.5 Å². The van der Waals surface area contributed by atoms with Gasteiger partial charge < -0.3 is 19.5 Å². The maximum absolute atomic E-state index is 13.5. The fourth-order valence-electron chi connectivity index (χ4n) is 3.48. The van der Waals surface area contributed by atoms with Gasteiger partial charge in [0.15, 0.2) is 11.5 Å². The molecule has 8 nitrogen and oxygen atoms in total. The molecule has 0 unspecified atom stereocenters. The van der Waals surface area contributed by atoms with Crippen LogP contribution in [-0.2, 0) is 21.4 Å². The predicted molar refractivity (Wildman–Crippen MR) is 147 cm³/mol. The van der Waals surface area contributed by atoms with E-state index in [0.717, 1.165) is 14.3 Å². The number of methoxy groups -OCH3 is 1. The molecule has 0 aromatic heterocycles. The molecule has 0 aliphatic carbocycles. The molecule has 10 heteroatoms. The Morgan fingerprint density at radius 3 is 2.27 bits per heavy atom. The van der Waals surface area contributed by atoms with Gasteiger partial charge >= 0.3 is 0 Å². The summed E-state index contributed by atoms with van der Waals surface area (Å²) in [7, 11) is -2.48. The first kappa shape index (κ1) is 28.3. The Labute approximate surface area is 226 Å². The Morgan fingerprint density at radius 1 is 1.00 bits per heavy atom. The summed E-state index contributed by atoms with van der Waals surface area (Å²) in [6.45, 7) is 5.98. The minimum atomic E-state index is -4.03. The molecular formula is C27H31BrN2O6S. The zero-order chi connectivity index (χ0) is 27.0. The largest absolute Gasteiger partial charge is 0.494 e. The molecule has 0 radical (unpaired) electrons. The van der Waals surface area contributed by atoms with Gasteiger partial charge in [0.2, 0.25) is 5.91 Å². The molecule has 0 heterocycles. The van der Waals surface area contributed by atoms with Crippen molar-refractivity contribution >= 4 is 37.5 Å². The number of ether oxygens (including phenoxy) is 3. The second-order valence-electron chi connectivity index (χ2n) is 8.32. The maximum atomic E-state index is 13.5. The van der Waals surface area contributed by atoms with Crippen LogP contribution in [-0.4, -0.2) is 40.7 Å². The average Bonchev–Trinajstić information content (AvgIpc) is 2.87. The normalized spacial score (nSPS) is 11.2. The SMILES string of the molecule is CCOc1ccc(N(CC(=O)NCc2ccc(OC(C)C)c(OC)c2)S(=O)(=O)c2ccc(Br)cc2)cc1. The number of amides is 1. The molecule has 0 atom stereocenters. The van der Waals surface area contributed by atoms with Crippen LogP contribution in [0, 0.1) is 0 Å². The molecule has 3 aromatic rings. The number of hydrogen-bond acceptors (Lipinski definition) is 6. The number of sulfonamides is 1. The standard InChI is InChI=1S/C27H31BrN2O6S/c1-5-35-23-11-9-22(10-12-23)30(37(32,33)24-13-7-21(28)8-14-24)18-27(31)29-17-20-6-15-25(36-19(2)3)26(16-20)34-4/h6-16,19H,5,17-18H2,1-4H3,(H,29,31). The van der Waals surface area contributed by atoms with Crippen LogP contribution in [0.25, 0.3) is 0 Å². The van der Waals surface area contributed by atoms with Crippen LogP contribution in [0.4, 0.5) is 5.69 Å². The number of halogens is 1. The van der Waals surface area contributed by atoms with Crippen LogP contribution >= 0.6 is 15.9 Å². The molecule has 0 bridgehead atoms. The van der Waals surface area contributed by atoms with Gasteiger partial charge in [0.05, 0.1) is 30.4 Å². The summed E-state index contributed by atoms with van der Waals surface area (Å²) in [6.07, 6.45) is -0.0132. The maximum Gasteiger partial charge on any atom is 0.264 e. The van der Waals surface area contributed by atoms with E-state index >= 15 is 0 Å². The molecule has 0 saturated carbocycles. The van der Waals surface area contributed by atoms with Gasteiger partial charge in [0.25, 0.3) is 10.0 Å². The number of hydrogen-bond donors (Lipinski definition) is 1. The number of rotatable bonds is 12. The van der Waals surface area contributed by atoms with E-state index in [2.05, 4.69) is 21.2 Å². The van der Waals surface area contributed by atoms with Crippen LogP contribution in [0.2, 0.25) is 0 Å². The molecule has 37 heavy (non-hydrogen) atoms. The number of benzene rings is 3. The van der Waals surface area contributed by atoms with E-state index in [1.54, 1.807) is 55.6 Å². The number of carbonyl (C=O) groups excluding carboxylic acids is 1. The molecule has 0 fully saturated rings. The van der Waals surface area contributed by atoms with E-state index in [4.69, 9.17) is 14.2 Å². The van der Waals surface area contributed by atoms with Gasteiger partial charge in [0.1, 0.15) is 12.3 Å². The Morgan fingerprint density at radius 2 is 1.68 bits per heavy atom. The molecule has 0 saturated heterocycles. The summed E-state index contributed by atoms with van der Waals surface area (Å²) in [5.41, 5.74) is 1.13. The zero-order valence-electron chi connectivity index (χ0n) is 21.2. The third-order valence-electron chi connectivity index (χ3n) is 5.20. The van der Waals surface area contributed by atoms with E-state index in [9.17, 15) is 13.2 Å². The quantitative estimate of drug-likeness (QED) is 0.313. The van der Waals surface area contributed by atoms with Crippen molar-refractivity contribution < 1.29 is 27.4 Å². The minimum absolute atomic E-state index is 0.0132. The average molecular weight is 592 g/mol. The van der Waals surface area contributed by atoms with Gasteiger partial charge in [0, 0.05) is 11.0 Å². The van der Waals surface area contributed by atoms with Crippen molar-refractivity contribution in [2.75, 3.05) is 24.6 Å². The van der Waals surface area contributed by atoms with Crippen molar-refractivity contribution in [3.05, 3.63) is 76.8 Å². The predicted octanol–water partition coefficient (Wildman–Crippen LogP) is 5.16. The summed E-state index contributed by atoms with van der Waals surface area (Å²) < 4.78 is 45.5. The molecule has 3 rings (SSSR count). The fraction of sp³-hybridized carbons (Fsp3) is 0.296. The molecule has 0 aliphatic rings. The van der Waals surface area contributed by atoms with Crippen molar-refractivity contribution in [2.45, 2.75) is 38.3 Å². The first-order valence-electron chi connectivity index (χ1n) is 11.8. The van der Waals surface area contributed by atoms with Gasteiger partial charge in [-0.25, -0.2) is 8.42 Å². The molecule has 3 aromatic carbocycles. The molecule has 1 amide bonds. The van der Waals surface area contributed by atoms with E-state index in [-0.39, 0.29) is 17.5 Å². The summed E-state index contributed by atoms with van der Waals surface area (Å²) >= 11 is 3.32. The van der Waals surface area contributed by atoms with Crippen LogP contribution < -0.4 is 23.8 Å². The second kappa shape index (κ2) is 12.8. The number of nitrogens with zero attached hydrogens (tertiary/aromatic N) is 1. The number of anilines is 1. The van der Waals surface area contributed by atoms with Crippen LogP contribution in [0.1, 0.15) is 26.3 Å². The third kappa shape index (κ3) is 7.62. The molecule has 198 valence electrons. The summed E-state index contributed by atoms with van der Waals surface area (Å²) in [4.78, 5) is 13.0. The zero-order valence-corrected chi connectivity index (χ0v) is 23.6. The molecule has 0 spiro atoms. The highest BCUT2D eigenvalue weighted by Crippen LogP contribution is 2.29. The summed E-state index contributed by atoms with van der Waals surface area (Å²) in [5.74, 6) is 1.30. The van der Waals surface area contributed by atoms with Crippen molar-refractivity contribution in [1.82, 2.24) is 5.32 Å². The topological polar surface area (TPSA) is 94.2 Å². The first-order chi connectivity index (χ1) is 17.6.